The molecule has 0 aliphatic rings. The van der Waals surface area contributed by atoms with Gasteiger partial charge >= 0.3 is 0 Å². The number of phenolic OH excluding ortho intramolecular Hbond substituents is 1. The van der Waals surface area contributed by atoms with Gasteiger partial charge in [-0.25, -0.2) is 0 Å². The second kappa shape index (κ2) is 6.09. The highest BCUT2D eigenvalue weighted by Crippen LogP contribution is 2.31. The van der Waals surface area contributed by atoms with Crippen LogP contribution in [-0.2, 0) is 0 Å². The first kappa shape index (κ1) is 13.5. The van der Waals surface area contributed by atoms with Crippen molar-refractivity contribution in [2.24, 2.45) is 5.73 Å². The largest absolute Gasteiger partial charge is 0.506 e. The highest BCUT2D eigenvalue weighted by Gasteiger charge is 2.11. The van der Waals surface area contributed by atoms with Gasteiger partial charge in [-0.15, -0.1) is 12.4 Å². The molecule has 1 rings (SSSR count). The van der Waals surface area contributed by atoms with Crippen molar-refractivity contribution in [3.05, 3.63) is 28.8 Å². The summed E-state index contributed by atoms with van der Waals surface area (Å²) in [5, 5.41) is 18.4. The predicted octanol–water partition coefficient (Wildman–Crippen LogP) is 1.85. The zero-order valence-electron chi connectivity index (χ0n) is 7.48. The fourth-order valence-corrected chi connectivity index (χ4v) is 1.31. The smallest absolute Gasteiger partial charge is 0.138 e. The molecule has 0 spiro atoms. The molecule has 0 aliphatic carbocycles. The summed E-state index contributed by atoms with van der Waals surface area (Å²) in [7, 11) is 0. The molecule has 0 saturated carbocycles. The van der Waals surface area contributed by atoms with Crippen molar-refractivity contribution in [1.29, 1.82) is 0 Å². The molecule has 5 heteroatoms. The zero-order valence-corrected chi connectivity index (χ0v) is 9.05. The molecule has 1 aromatic carbocycles. The second-order valence-electron chi connectivity index (χ2n) is 2.80. The summed E-state index contributed by atoms with van der Waals surface area (Å²) < 4.78 is 0. The molecule has 0 aromatic heterocycles. The molecule has 14 heavy (non-hydrogen) atoms. The minimum Gasteiger partial charge on any atom is -0.506 e. The lowest BCUT2D eigenvalue weighted by atomic mass is 10.0. The van der Waals surface area contributed by atoms with Crippen molar-refractivity contribution in [3.63, 3.8) is 0 Å². The molecule has 0 saturated heterocycles. The maximum absolute atomic E-state index is 9.50. The lowest BCUT2D eigenvalue weighted by Gasteiger charge is -2.12. The number of para-hydroxylation sites is 1. The molecule has 0 aliphatic heterocycles. The van der Waals surface area contributed by atoms with E-state index in [2.05, 4.69) is 0 Å². The van der Waals surface area contributed by atoms with Crippen LogP contribution in [0.2, 0.25) is 5.02 Å². The quantitative estimate of drug-likeness (QED) is 0.752. The van der Waals surface area contributed by atoms with Crippen LogP contribution >= 0.6 is 24.0 Å². The Kier molecular flexibility index (Phi) is 5.88. The standard InChI is InChI=1S/C9H12ClNO2.ClH/c10-7-3-1-2-6(9(7)13)8(11)4-5-12;/h1-3,8,12-13H,4-5,11H2;1H/t8-;/m1./s1. The van der Waals surface area contributed by atoms with E-state index in [0.717, 1.165) is 0 Å². The monoisotopic (exact) mass is 237 g/mol. The molecule has 4 N–H and O–H groups in total. The van der Waals surface area contributed by atoms with Gasteiger partial charge in [0.1, 0.15) is 5.75 Å². The zero-order chi connectivity index (χ0) is 9.84. The summed E-state index contributed by atoms with van der Waals surface area (Å²) in [5.41, 5.74) is 6.27. The second-order valence-corrected chi connectivity index (χ2v) is 3.20. The van der Waals surface area contributed by atoms with E-state index < -0.39 is 0 Å². The number of aliphatic hydroxyl groups excluding tert-OH is 1. The first-order valence-corrected chi connectivity index (χ1v) is 4.38. The van der Waals surface area contributed by atoms with Crippen molar-refractivity contribution in [2.45, 2.75) is 12.5 Å². The molecule has 1 aromatic rings. The van der Waals surface area contributed by atoms with Gasteiger partial charge in [0.05, 0.1) is 5.02 Å². The van der Waals surface area contributed by atoms with E-state index in [-0.39, 0.29) is 35.8 Å². The van der Waals surface area contributed by atoms with Crippen LogP contribution in [0.15, 0.2) is 18.2 Å². The van der Waals surface area contributed by atoms with Gasteiger partial charge < -0.3 is 15.9 Å². The van der Waals surface area contributed by atoms with Crippen LogP contribution in [0.4, 0.5) is 0 Å². The lowest BCUT2D eigenvalue weighted by molar-refractivity contribution is 0.275. The number of benzene rings is 1. The van der Waals surface area contributed by atoms with E-state index in [1.807, 2.05) is 0 Å². The van der Waals surface area contributed by atoms with E-state index in [4.69, 9.17) is 22.4 Å². The highest BCUT2D eigenvalue weighted by atomic mass is 35.5. The third kappa shape index (κ3) is 3.03. The summed E-state index contributed by atoms with van der Waals surface area (Å²) in [6.45, 7) is -0.00683. The molecule has 0 heterocycles. The van der Waals surface area contributed by atoms with Gasteiger partial charge in [-0.3, -0.25) is 0 Å². The van der Waals surface area contributed by atoms with Gasteiger partial charge in [0.15, 0.2) is 0 Å². The average Bonchev–Trinajstić information content (AvgIpc) is 2.10. The third-order valence-corrected chi connectivity index (χ3v) is 2.16. The molecule has 80 valence electrons. The fraction of sp³-hybridized carbons (Fsp3) is 0.333. The van der Waals surface area contributed by atoms with Crippen LogP contribution < -0.4 is 5.73 Å². The Morgan fingerprint density at radius 2 is 2.07 bits per heavy atom. The third-order valence-electron chi connectivity index (χ3n) is 1.86. The number of aliphatic hydroxyl groups is 1. The molecule has 0 radical (unpaired) electrons. The highest BCUT2D eigenvalue weighted by molar-refractivity contribution is 6.32. The number of rotatable bonds is 3. The molecule has 3 nitrogen and oxygen atoms in total. The van der Waals surface area contributed by atoms with Crippen LogP contribution in [0.1, 0.15) is 18.0 Å². The van der Waals surface area contributed by atoms with E-state index in [1.54, 1.807) is 18.2 Å². The average molecular weight is 238 g/mol. The topological polar surface area (TPSA) is 66.5 Å². The fourth-order valence-electron chi connectivity index (χ4n) is 1.13. The SMILES string of the molecule is Cl.N[C@H](CCO)c1cccc(Cl)c1O. The Balaban J connectivity index is 0.00000169. The molecule has 0 unspecified atom stereocenters. The van der Waals surface area contributed by atoms with Gasteiger partial charge in [-0.2, -0.15) is 0 Å². The number of aromatic hydroxyl groups is 1. The van der Waals surface area contributed by atoms with Crippen LogP contribution in [0.5, 0.6) is 5.75 Å². The Morgan fingerprint density at radius 1 is 1.43 bits per heavy atom. The number of halogens is 2. The Hall–Kier alpha value is -0.480. The maximum Gasteiger partial charge on any atom is 0.138 e. The predicted molar refractivity (Wildman–Crippen MR) is 59.0 cm³/mol. The van der Waals surface area contributed by atoms with Gasteiger partial charge in [0, 0.05) is 18.2 Å². The van der Waals surface area contributed by atoms with Crippen molar-refractivity contribution >= 4 is 24.0 Å². The summed E-state index contributed by atoms with van der Waals surface area (Å²) in [6.07, 6.45) is 0.411. The van der Waals surface area contributed by atoms with Crippen molar-refractivity contribution < 1.29 is 10.2 Å². The van der Waals surface area contributed by atoms with Crippen LogP contribution in [-0.4, -0.2) is 16.8 Å². The molecule has 0 bridgehead atoms. The summed E-state index contributed by atoms with van der Waals surface area (Å²) in [5.74, 6) is 0.00474. The first-order chi connectivity index (χ1) is 6.16. The normalized spacial score (nSPS) is 11.9. The number of phenols is 1. The number of hydrogen-bond acceptors (Lipinski definition) is 3. The van der Waals surface area contributed by atoms with Crippen LogP contribution in [0.3, 0.4) is 0 Å². The molecular weight excluding hydrogens is 225 g/mol. The van der Waals surface area contributed by atoms with Crippen molar-refractivity contribution in [1.82, 2.24) is 0 Å². The summed E-state index contributed by atoms with van der Waals surface area (Å²) in [6, 6.07) is 4.63. The Morgan fingerprint density at radius 3 is 2.64 bits per heavy atom. The van der Waals surface area contributed by atoms with E-state index in [1.165, 1.54) is 0 Å². The minimum atomic E-state index is -0.372. The molecule has 1 atom stereocenters. The number of hydrogen-bond donors (Lipinski definition) is 3. The van der Waals surface area contributed by atoms with Gasteiger partial charge in [-0.1, -0.05) is 23.7 Å². The van der Waals surface area contributed by atoms with E-state index in [0.29, 0.717) is 12.0 Å². The Labute approximate surface area is 93.9 Å². The molecule has 0 fully saturated rings. The maximum atomic E-state index is 9.50. The first-order valence-electron chi connectivity index (χ1n) is 4.00. The van der Waals surface area contributed by atoms with Crippen LogP contribution in [0, 0.1) is 0 Å². The van der Waals surface area contributed by atoms with Gasteiger partial charge in [-0.05, 0) is 12.5 Å². The van der Waals surface area contributed by atoms with Crippen molar-refractivity contribution in [2.75, 3.05) is 6.61 Å². The summed E-state index contributed by atoms with van der Waals surface area (Å²) >= 11 is 5.69. The molecular formula is C9H13Cl2NO2. The van der Waals surface area contributed by atoms with Gasteiger partial charge in [0.2, 0.25) is 0 Å². The minimum absolute atomic E-state index is 0. The summed E-state index contributed by atoms with van der Waals surface area (Å²) in [4.78, 5) is 0. The lowest BCUT2D eigenvalue weighted by Crippen LogP contribution is -2.12. The molecule has 0 amide bonds. The van der Waals surface area contributed by atoms with Gasteiger partial charge in [0.25, 0.3) is 0 Å². The van der Waals surface area contributed by atoms with Crippen molar-refractivity contribution in [3.8, 4) is 5.75 Å². The van der Waals surface area contributed by atoms with E-state index in [9.17, 15) is 5.11 Å². The van der Waals surface area contributed by atoms with Crippen LogP contribution in [0.25, 0.3) is 0 Å². The Bertz CT molecular complexity index is 294. The number of nitrogens with two attached hydrogens (primary N) is 1. The van der Waals surface area contributed by atoms with E-state index >= 15 is 0 Å².